The number of hydrogen-bond donors (Lipinski definition) is 0. The summed E-state index contributed by atoms with van der Waals surface area (Å²) in [7, 11) is 0. The fourth-order valence-corrected chi connectivity index (χ4v) is 4.53. The Morgan fingerprint density at radius 3 is 2.46 bits per heavy atom. The predicted molar refractivity (Wildman–Crippen MR) is 109 cm³/mol. The van der Waals surface area contributed by atoms with Gasteiger partial charge in [0.25, 0.3) is 0 Å². The monoisotopic (exact) mass is 419 g/mol. The first kappa shape index (κ1) is 19.7. The maximum atomic E-state index is 2.46. The molecule has 0 aliphatic heterocycles. The summed E-state index contributed by atoms with van der Waals surface area (Å²) in [6.07, 6.45) is 10.8. The van der Waals surface area contributed by atoms with Crippen molar-refractivity contribution in [3.63, 3.8) is 0 Å². The average molecular weight is 421 g/mol. The number of hydrogen-bond acceptors (Lipinski definition) is 0. The van der Waals surface area contributed by atoms with Crippen LogP contribution in [0.15, 0.2) is 54.6 Å². The topological polar surface area (TPSA) is 0 Å². The zero-order chi connectivity index (χ0) is 17.1. The fraction of sp³-hybridized carbons (Fsp3) is 0.400. The van der Waals surface area contributed by atoms with Crippen LogP contribution in [0.5, 0.6) is 0 Å². The average Bonchev–Trinajstić information content (AvgIpc) is 3.06. The van der Waals surface area contributed by atoms with E-state index >= 15 is 0 Å². The van der Waals surface area contributed by atoms with Gasteiger partial charge in [-0.25, -0.2) is 0 Å². The van der Waals surface area contributed by atoms with E-state index in [0.29, 0.717) is 0 Å². The summed E-state index contributed by atoms with van der Waals surface area (Å²) in [5.41, 5.74) is 5.71. The molecule has 1 fully saturated rings. The smallest absolute Gasteiger partial charge is 0 e. The molecule has 1 aliphatic rings. The summed E-state index contributed by atoms with van der Waals surface area (Å²) >= 11 is 0. The molecule has 0 radical (unpaired) electrons. The molecule has 0 bridgehead atoms. The maximum Gasteiger partial charge on any atom is 0 e. The van der Waals surface area contributed by atoms with Crippen molar-refractivity contribution < 1.29 is 26.2 Å². The van der Waals surface area contributed by atoms with Crippen molar-refractivity contribution in [1.82, 2.24) is 0 Å². The van der Waals surface area contributed by atoms with Crippen LogP contribution in [-0.4, -0.2) is 0 Å². The molecular formula is C25H29Zr-. The quantitative estimate of drug-likeness (QED) is 0.380. The van der Waals surface area contributed by atoms with Crippen LogP contribution >= 0.6 is 0 Å². The van der Waals surface area contributed by atoms with Crippen LogP contribution in [0.3, 0.4) is 0 Å². The zero-order valence-corrected chi connectivity index (χ0v) is 18.4. The standard InChI is InChI=1S/C25H29.Zr/c1-2-7-19-12-14-22(15-13-19)24-11-6-10-23-17-21(18-25(23)24)16-20-8-4-3-5-9-20;/h6,10-15,17-18,20H,2-5,7-9,16H2,1H3;/q-1;. The van der Waals surface area contributed by atoms with Crippen LogP contribution in [0.4, 0.5) is 0 Å². The number of aryl methyl sites for hydroxylation is 1. The van der Waals surface area contributed by atoms with Crippen molar-refractivity contribution in [3.8, 4) is 11.1 Å². The van der Waals surface area contributed by atoms with Gasteiger partial charge in [-0.2, -0.15) is 6.07 Å². The van der Waals surface area contributed by atoms with Gasteiger partial charge >= 0.3 is 0 Å². The van der Waals surface area contributed by atoms with Crippen LogP contribution in [0.2, 0.25) is 0 Å². The second-order valence-electron chi connectivity index (χ2n) is 7.83. The molecule has 0 heterocycles. The third-order valence-corrected chi connectivity index (χ3v) is 5.86. The van der Waals surface area contributed by atoms with Crippen molar-refractivity contribution >= 4 is 10.8 Å². The van der Waals surface area contributed by atoms with E-state index in [1.807, 2.05) is 0 Å². The van der Waals surface area contributed by atoms with Crippen LogP contribution in [-0.2, 0) is 39.0 Å². The van der Waals surface area contributed by atoms with E-state index in [1.54, 1.807) is 0 Å². The van der Waals surface area contributed by atoms with E-state index in [2.05, 4.69) is 61.5 Å². The molecule has 0 unspecified atom stereocenters. The van der Waals surface area contributed by atoms with Crippen LogP contribution in [0, 0.1) is 5.92 Å². The van der Waals surface area contributed by atoms with Gasteiger partial charge in [-0.3, -0.25) is 0 Å². The van der Waals surface area contributed by atoms with Gasteiger partial charge in [-0.1, -0.05) is 81.3 Å². The van der Waals surface area contributed by atoms with Gasteiger partial charge in [0.2, 0.25) is 0 Å². The Hall–Kier alpha value is -1.07. The minimum absolute atomic E-state index is 0. The first-order valence-electron chi connectivity index (χ1n) is 10.1. The summed E-state index contributed by atoms with van der Waals surface area (Å²) in [6, 6.07) is 20.8. The summed E-state index contributed by atoms with van der Waals surface area (Å²) in [5.74, 6) is 0.905. The molecule has 3 aromatic rings. The molecule has 134 valence electrons. The van der Waals surface area contributed by atoms with Gasteiger partial charge < -0.3 is 0 Å². The van der Waals surface area contributed by atoms with Gasteiger partial charge in [0, 0.05) is 26.2 Å². The van der Waals surface area contributed by atoms with Crippen LogP contribution in [0.25, 0.3) is 21.9 Å². The minimum atomic E-state index is 0. The van der Waals surface area contributed by atoms with Crippen molar-refractivity contribution in [2.24, 2.45) is 5.92 Å². The summed E-state index contributed by atoms with van der Waals surface area (Å²) < 4.78 is 0. The summed E-state index contributed by atoms with van der Waals surface area (Å²) in [6.45, 7) is 2.24. The molecule has 0 nitrogen and oxygen atoms in total. The molecule has 0 amide bonds. The Balaban J connectivity index is 0.00000196. The van der Waals surface area contributed by atoms with E-state index in [1.165, 1.54) is 84.4 Å². The van der Waals surface area contributed by atoms with E-state index in [-0.39, 0.29) is 26.2 Å². The zero-order valence-electron chi connectivity index (χ0n) is 15.9. The summed E-state index contributed by atoms with van der Waals surface area (Å²) in [4.78, 5) is 0. The van der Waals surface area contributed by atoms with Crippen molar-refractivity contribution in [1.29, 1.82) is 0 Å². The van der Waals surface area contributed by atoms with Crippen molar-refractivity contribution in [2.45, 2.75) is 58.3 Å². The second kappa shape index (κ2) is 9.23. The molecule has 3 aromatic carbocycles. The van der Waals surface area contributed by atoms with Gasteiger partial charge in [0.1, 0.15) is 0 Å². The minimum Gasteiger partial charge on any atom is -0.164 e. The van der Waals surface area contributed by atoms with Gasteiger partial charge in [-0.05, 0) is 29.9 Å². The molecule has 1 aliphatic carbocycles. The number of fused-ring (bicyclic) bond motifs is 1. The first-order valence-corrected chi connectivity index (χ1v) is 10.1. The van der Waals surface area contributed by atoms with Gasteiger partial charge in [-0.15, -0.1) is 34.5 Å². The van der Waals surface area contributed by atoms with E-state index < -0.39 is 0 Å². The molecule has 0 saturated heterocycles. The molecule has 4 rings (SSSR count). The number of benzene rings is 2. The molecule has 1 saturated carbocycles. The Morgan fingerprint density at radius 1 is 0.962 bits per heavy atom. The number of rotatable bonds is 5. The van der Waals surface area contributed by atoms with E-state index in [9.17, 15) is 0 Å². The SMILES string of the molecule is CCCc1ccc(-c2cccc3[cH-]c(CC4CCCCC4)cc23)cc1.[Zr]. The van der Waals surface area contributed by atoms with Gasteiger partial charge in [0.05, 0.1) is 0 Å². The Bertz CT molecular complexity index is 819. The molecular weight excluding hydrogens is 391 g/mol. The molecule has 1 heteroatoms. The molecule has 0 atom stereocenters. The van der Waals surface area contributed by atoms with Crippen LogP contribution < -0.4 is 0 Å². The summed E-state index contributed by atoms with van der Waals surface area (Å²) in [5, 5.41) is 2.83. The third kappa shape index (κ3) is 4.42. The first-order chi connectivity index (χ1) is 12.3. The Morgan fingerprint density at radius 2 is 1.73 bits per heavy atom. The second-order valence-corrected chi connectivity index (χ2v) is 7.83. The molecule has 0 aromatic heterocycles. The van der Waals surface area contributed by atoms with E-state index in [0.717, 1.165) is 5.92 Å². The molecule has 0 N–H and O–H groups in total. The van der Waals surface area contributed by atoms with Crippen LogP contribution in [0.1, 0.15) is 56.6 Å². The van der Waals surface area contributed by atoms with E-state index in [4.69, 9.17) is 0 Å². The maximum absolute atomic E-state index is 2.46. The fourth-order valence-electron chi connectivity index (χ4n) is 4.53. The normalized spacial score (nSPS) is 15.1. The Kier molecular flexibility index (Phi) is 6.99. The van der Waals surface area contributed by atoms with Crippen molar-refractivity contribution in [2.75, 3.05) is 0 Å². The predicted octanol–water partition coefficient (Wildman–Crippen LogP) is 7.30. The third-order valence-electron chi connectivity index (χ3n) is 5.86. The van der Waals surface area contributed by atoms with Crippen molar-refractivity contribution in [3.05, 3.63) is 65.7 Å². The Labute approximate surface area is 177 Å². The van der Waals surface area contributed by atoms with Gasteiger partial charge in [0.15, 0.2) is 0 Å². The molecule has 0 spiro atoms. The largest absolute Gasteiger partial charge is 0.164 e. The molecule has 26 heavy (non-hydrogen) atoms.